The van der Waals surface area contributed by atoms with Gasteiger partial charge in [-0.1, -0.05) is 61.0 Å². The van der Waals surface area contributed by atoms with Crippen LogP contribution < -0.4 is 9.62 Å². The van der Waals surface area contributed by atoms with Gasteiger partial charge in [-0.25, -0.2) is 8.42 Å². The van der Waals surface area contributed by atoms with Gasteiger partial charge in [-0.05, 0) is 75.1 Å². The van der Waals surface area contributed by atoms with E-state index < -0.39 is 28.5 Å². The van der Waals surface area contributed by atoms with Crippen LogP contribution in [0.1, 0.15) is 42.5 Å². The zero-order valence-electron chi connectivity index (χ0n) is 22.8. The van der Waals surface area contributed by atoms with Crippen molar-refractivity contribution in [3.63, 3.8) is 0 Å². The predicted molar refractivity (Wildman–Crippen MR) is 151 cm³/mol. The molecular formula is C30H37N3O4S. The fourth-order valence-electron chi connectivity index (χ4n) is 4.33. The minimum absolute atomic E-state index is 0.0888. The highest BCUT2D eigenvalue weighted by Gasteiger charge is 2.32. The van der Waals surface area contributed by atoms with Gasteiger partial charge in [0, 0.05) is 13.1 Å². The maximum absolute atomic E-state index is 13.9. The summed E-state index contributed by atoms with van der Waals surface area (Å²) < 4.78 is 28.8. The van der Waals surface area contributed by atoms with E-state index in [1.165, 1.54) is 17.0 Å². The molecule has 202 valence electrons. The fraction of sp³-hybridized carbons (Fsp3) is 0.333. The molecule has 0 aliphatic heterocycles. The van der Waals surface area contributed by atoms with Crippen LogP contribution in [0.3, 0.4) is 0 Å². The van der Waals surface area contributed by atoms with Crippen LogP contribution in [-0.4, -0.2) is 44.3 Å². The molecule has 2 amide bonds. The summed E-state index contributed by atoms with van der Waals surface area (Å²) in [5.74, 6) is -0.749. The molecule has 0 aliphatic rings. The van der Waals surface area contributed by atoms with Gasteiger partial charge in [-0.3, -0.25) is 13.9 Å². The van der Waals surface area contributed by atoms with E-state index in [9.17, 15) is 18.0 Å². The zero-order chi connectivity index (χ0) is 27.9. The van der Waals surface area contributed by atoms with Crippen LogP contribution in [0.25, 0.3) is 0 Å². The van der Waals surface area contributed by atoms with Crippen LogP contribution in [0, 0.1) is 20.8 Å². The molecule has 3 aromatic rings. The van der Waals surface area contributed by atoms with Gasteiger partial charge in [0.25, 0.3) is 10.0 Å². The van der Waals surface area contributed by atoms with Crippen LogP contribution in [0.15, 0.2) is 77.7 Å². The van der Waals surface area contributed by atoms with E-state index in [1.807, 2.05) is 58.0 Å². The van der Waals surface area contributed by atoms with Gasteiger partial charge in [-0.2, -0.15) is 0 Å². The lowest BCUT2D eigenvalue weighted by Crippen LogP contribution is -2.51. The lowest BCUT2D eigenvalue weighted by molar-refractivity contribution is -0.139. The molecule has 0 saturated heterocycles. The molecule has 8 heteroatoms. The third-order valence-electron chi connectivity index (χ3n) is 6.26. The van der Waals surface area contributed by atoms with Gasteiger partial charge in [0.15, 0.2) is 0 Å². The molecule has 0 aliphatic carbocycles. The third kappa shape index (κ3) is 7.22. The van der Waals surface area contributed by atoms with E-state index in [0.29, 0.717) is 12.2 Å². The second-order valence-corrected chi connectivity index (χ2v) is 11.5. The molecule has 3 aromatic carbocycles. The lowest BCUT2D eigenvalue weighted by atomic mass is 10.1. The number of nitrogens with one attached hydrogen (secondary N) is 1. The Morgan fingerprint density at radius 2 is 1.53 bits per heavy atom. The van der Waals surface area contributed by atoms with Crippen molar-refractivity contribution in [3.8, 4) is 0 Å². The van der Waals surface area contributed by atoms with Crippen molar-refractivity contribution >= 4 is 27.5 Å². The first-order valence-corrected chi connectivity index (χ1v) is 14.3. The summed E-state index contributed by atoms with van der Waals surface area (Å²) in [6, 6.07) is 20.4. The predicted octanol–water partition coefficient (Wildman–Crippen LogP) is 4.75. The lowest BCUT2D eigenvalue weighted by Gasteiger charge is -2.32. The molecule has 0 radical (unpaired) electrons. The van der Waals surface area contributed by atoms with E-state index in [2.05, 4.69) is 5.32 Å². The molecule has 0 saturated carbocycles. The standard InChI is InChI=1S/C30H37N3O4S/c1-6-15-31-30(35)25(5)32(20-26-12-10-11-22(2)17-26)29(34)21-33(27-18-23(3)16-24(4)19-27)38(36,37)28-13-8-7-9-14-28/h7-14,16-19,25H,6,15,20-21H2,1-5H3,(H,31,35). The molecule has 0 bridgehead atoms. The minimum atomic E-state index is -4.07. The molecule has 3 rings (SSSR count). The summed E-state index contributed by atoms with van der Waals surface area (Å²) in [5, 5.41) is 2.86. The molecule has 7 nitrogen and oxygen atoms in total. The smallest absolute Gasteiger partial charge is 0.264 e. The molecule has 1 N–H and O–H groups in total. The van der Waals surface area contributed by atoms with Crippen molar-refractivity contribution in [1.29, 1.82) is 0 Å². The van der Waals surface area contributed by atoms with Crippen molar-refractivity contribution in [2.24, 2.45) is 0 Å². The first-order chi connectivity index (χ1) is 18.0. The summed E-state index contributed by atoms with van der Waals surface area (Å²) in [6.07, 6.45) is 0.764. The fourth-order valence-corrected chi connectivity index (χ4v) is 5.75. The number of sulfonamides is 1. The van der Waals surface area contributed by atoms with Crippen LogP contribution in [-0.2, 0) is 26.2 Å². The van der Waals surface area contributed by atoms with Gasteiger partial charge in [0.2, 0.25) is 11.8 Å². The topological polar surface area (TPSA) is 86.8 Å². The van der Waals surface area contributed by atoms with Gasteiger partial charge in [0.05, 0.1) is 10.6 Å². The number of nitrogens with zero attached hydrogens (tertiary/aromatic N) is 2. The third-order valence-corrected chi connectivity index (χ3v) is 8.04. The number of carbonyl (C=O) groups is 2. The van der Waals surface area contributed by atoms with E-state index in [-0.39, 0.29) is 17.3 Å². The van der Waals surface area contributed by atoms with Crippen molar-refractivity contribution < 1.29 is 18.0 Å². The van der Waals surface area contributed by atoms with Gasteiger partial charge in [0.1, 0.15) is 12.6 Å². The Morgan fingerprint density at radius 3 is 2.13 bits per heavy atom. The summed E-state index contributed by atoms with van der Waals surface area (Å²) in [4.78, 5) is 28.4. The Hall–Kier alpha value is -3.65. The maximum Gasteiger partial charge on any atom is 0.264 e. The molecular weight excluding hydrogens is 498 g/mol. The van der Waals surface area contributed by atoms with Crippen LogP contribution >= 0.6 is 0 Å². The Balaban J connectivity index is 2.04. The van der Waals surface area contributed by atoms with Gasteiger partial charge < -0.3 is 10.2 Å². The Morgan fingerprint density at radius 1 is 0.868 bits per heavy atom. The number of benzene rings is 3. The van der Waals surface area contributed by atoms with Crippen LogP contribution in [0.4, 0.5) is 5.69 Å². The van der Waals surface area contributed by atoms with Crippen LogP contribution in [0.5, 0.6) is 0 Å². The van der Waals surface area contributed by atoms with Crippen LogP contribution in [0.2, 0.25) is 0 Å². The highest BCUT2D eigenvalue weighted by atomic mass is 32.2. The summed E-state index contributed by atoms with van der Waals surface area (Å²) in [6.45, 7) is 9.58. The van der Waals surface area contributed by atoms with Crippen molar-refractivity contribution in [2.75, 3.05) is 17.4 Å². The number of hydrogen-bond donors (Lipinski definition) is 1. The molecule has 0 spiro atoms. The quantitative estimate of drug-likeness (QED) is 0.384. The summed E-state index contributed by atoms with van der Waals surface area (Å²) in [7, 11) is -4.07. The summed E-state index contributed by atoms with van der Waals surface area (Å²) >= 11 is 0. The number of carbonyl (C=O) groups excluding carboxylic acids is 2. The van der Waals surface area contributed by atoms with Crippen molar-refractivity contribution in [1.82, 2.24) is 10.2 Å². The normalized spacial score (nSPS) is 12.0. The highest BCUT2D eigenvalue weighted by molar-refractivity contribution is 7.92. The Kier molecular flexibility index (Phi) is 9.69. The largest absolute Gasteiger partial charge is 0.354 e. The van der Waals surface area contributed by atoms with E-state index in [1.54, 1.807) is 37.3 Å². The molecule has 0 heterocycles. The monoisotopic (exact) mass is 535 g/mol. The molecule has 0 fully saturated rings. The second-order valence-electron chi connectivity index (χ2n) is 9.65. The van der Waals surface area contributed by atoms with E-state index >= 15 is 0 Å². The first kappa shape index (κ1) is 28.9. The van der Waals surface area contributed by atoms with E-state index in [0.717, 1.165) is 33.0 Å². The Bertz CT molecular complexity index is 1350. The minimum Gasteiger partial charge on any atom is -0.354 e. The Labute approximate surface area is 226 Å². The molecule has 1 unspecified atom stereocenters. The number of rotatable bonds is 11. The molecule has 38 heavy (non-hydrogen) atoms. The number of amides is 2. The zero-order valence-corrected chi connectivity index (χ0v) is 23.6. The highest BCUT2D eigenvalue weighted by Crippen LogP contribution is 2.26. The first-order valence-electron chi connectivity index (χ1n) is 12.8. The SMILES string of the molecule is CCCNC(=O)C(C)N(Cc1cccc(C)c1)C(=O)CN(c1cc(C)cc(C)c1)S(=O)(=O)c1ccccc1. The molecule has 0 aromatic heterocycles. The second kappa shape index (κ2) is 12.7. The van der Waals surface area contributed by atoms with Crippen molar-refractivity contribution in [2.45, 2.75) is 58.5 Å². The van der Waals surface area contributed by atoms with E-state index in [4.69, 9.17) is 0 Å². The van der Waals surface area contributed by atoms with Gasteiger partial charge >= 0.3 is 0 Å². The number of hydrogen-bond acceptors (Lipinski definition) is 4. The average Bonchev–Trinajstić information content (AvgIpc) is 2.88. The average molecular weight is 536 g/mol. The van der Waals surface area contributed by atoms with Crippen molar-refractivity contribution in [3.05, 3.63) is 95.1 Å². The number of aryl methyl sites for hydroxylation is 3. The maximum atomic E-state index is 13.9. The number of anilines is 1. The molecule has 1 atom stereocenters. The summed E-state index contributed by atoms with van der Waals surface area (Å²) in [5.41, 5.74) is 4.05. The van der Waals surface area contributed by atoms with Gasteiger partial charge in [-0.15, -0.1) is 0 Å².